The van der Waals surface area contributed by atoms with E-state index in [9.17, 15) is 28.8 Å². The Morgan fingerprint density at radius 1 is 0.411 bits per heavy atom. The van der Waals surface area contributed by atoms with E-state index in [1.165, 1.54) is 42.0 Å². The van der Waals surface area contributed by atoms with Crippen molar-refractivity contribution in [3.8, 4) is 11.8 Å². The minimum Gasteiger partial charge on any atom is -0.478 e. The van der Waals surface area contributed by atoms with Gasteiger partial charge in [-0.3, -0.25) is 19.2 Å². The van der Waals surface area contributed by atoms with E-state index in [0.717, 1.165) is 55.0 Å². The largest absolute Gasteiger partial charge is 0.478 e. The predicted molar refractivity (Wildman–Crippen MR) is 339 cm³/mol. The molecule has 0 radical (unpaired) electrons. The maximum absolute atomic E-state index is 15.2. The Balaban J connectivity index is 1.59. The van der Waals surface area contributed by atoms with Gasteiger partial charge < -0.3 is 48.0 Å². The molecule has 22 heteroatoms. The minimum atomic E-state index is -1.56. The van der Waals surface area contributed by atoms with E-state index < -0.39 is 96.1 Å². The Kier molecular flexibility index (Phi) is 27.5. The zero-order chi connectivity index (χ0) is 66.8. The third-order valence-electron chi connectivity index (χ3n) is 15.9. The standard InChI is InChI=1S/C68H100N8O14/c1-19-51-37-59(85-21-3)75(69-51)39-49-27-23-47(24-28-49)35-57-63(79)73(17)53(31-41(5)6)65(81)87-46(14)62(78)72(16)56(34-44(11)12)68(84)90-58(36-48-25-29-50(30-26-48)40-76-60(86-22-4)38-52(20-2)70-76)64(80)74(18)54(32-42(7)8)66(82)88-45(13)61(77)71(15)55(33-43(9)10)67(83)89-57/h23-30,37-38,41-46,53-58H,19-22,31-36,39-40H2,1-18H3/t45-,46-,53+,54+,55+,56+,57-,58-/m1/s1. The van der Waals surface area contributed by atoms with Crippen LogP contribution >= 0.6 is 0 Å². The second kappa shape index (κ2) is 33.9. The van der Waals surface area contributed by atoms with Crippen LogP contribution in [-0.2, 0) is 96.1 Å². The molecular formula is C68H100N8O14. The van der Waals surface area contributed by atoms with Gasteiger partial charge in [0.25, 0.3) is 23.6 Å². The molecule has 5 rings (SSSR count). The highest BCUT2D eigenvalue weighted by Crippen LogP contribution is 2.26. The molecule has 1 aliphatic heterocycles. The summed E-state index contributed by atoms with van der Waals surface area (Å²) in [6, 6.07) is 13.3. The van der Waals surface area contributed by atoms with Gasteiger partial charge in [-0.2, -0.15) is 10.2 Å². The molecule has 496 valence electrons. The van der Waals surface area contributed by atoms with E-state index in [1.54, 1.807) is 33.6 Å². The number of cyclic esters (lactones) is 4. The third-order valence-corrected chi connectivity index (χ3v) is 15.9. The summed E-state index contributed by atoms with van der Waals surface area (Å²) in [5.41, 5.74) is 4.68. The molecular weight excluding hydrogens is 1150 g/mol. The summed E-state index contributed by atoms with van der Waals surface area (Å²) in [5.74, 6) is -6.33. The van der Waals surface area contributed by atoms with Crippen molar-refractivity contribution in [2.45, 2.75) is 210 Å². The molecule has 1 aliphatic rings. The fourth-order valence-electron chi connectivity index (χ4n) is 10.8. The Morgan fingerprint density at radius 2 is 0.678 bits per heavy atom. The van der Waals surface area contributed by atoms with Crippen LogP contribution in [0.5, 0.6) is 11.8 Å². The molecule has 0 bridgehead atoms. The van der Waals surface area contributed by atoms with Gasteiger partial charge >= 0.3 is 23.9 Å². The molecule has 1 saturated heterocycles. The molecule has 0 spiro atoms. The maximum Gasteiger partial charge on any atom is 0.329 e. The lowest BCUT2D eigenvalue weighted by Gasteiger charge is -2.35. The van der Waals surface area contributed by atoms with Gasteiger partial charge in [0.2, 0.25) is 11.8 Å². The average molecular weight is 1250 g/mol. The molecule has 1 fully saturated rings. The van der Waals surface area contributed by atoms with Gasteiger partial charge in [0.05, 0.1) is 37.7 Å². The van der Waals surface area contributed by atoms with Crippen molar-refractivity contribution < 1.29 is 66.8 Å². The molecule has 0 aliphatic carbocycles. The summed E-state index contributed by atoms with van der Waals surface area (Å²) >= 11 is 0. The lowest BCUT2D eigenvalue weighted by Crippen LogP contribution is -2.55. The van der Waals surface area contributed by atoms with Crippen LogP contribution < -0.4 is 9.47 Å². The van der Waals surface area contributed by atoms with Crippen LogP contribution in [0.1, 0.15) is 156 Å². The SMILES string of the molecule is CCOc1cc(CC)nn1Cc1ccc(C[C@H]2OC(=O)[C@H](CC(C)C)N(C)C(=O)[C@@H](C)OC(=O)[C@H](CC(C)C)N(C)C(=O)[C@@H](Cc3ccc(Cn4nc(CC)cc4OCC)cc3)OC(=O)[C@H](CC(C)C)N(C)C(=O)[C@@H](C)OC(=O)[C@H](CC(C)C)N(C)C2=O)cc1. The second-order valence-corrected chi connectivity index (χ2v) is 25.3. The van der Waals surface area contributed by atoms with Crippen LogP contribution in [0.2, 0.25) is 0 Å². The molecule has 8 atom stereocenters. The molecule has 0 saturated carbocycles. The average Bonchev–Trinajstić information content (AvgIpc) is 1.05. The van der Waals surface area contributed by atoms with Crippen LogP contribution in [0.4, 0.5) is 0 Å². The highest BCUT2D eigenvalue weighted by molar-refractivity contribution is 5.94. The Morgan fingerprint density at radius 3 is 0.944 bits per heavy atom. The molecule has 4 aromatic rings. The summed E-state index contributed by atoms with van der Waals surface area (Å²) in [5, 5.41) is 9.38. The van der Waals surface area contributed by atoms with Gasteiger partial charge in [-0.05, 0) is 112 Å². The van der Waals surface area contributed by atoms with E-state index in [4.69, 9.17) is 28.4 Å². The number of benzene rings is 2. The minimum absolute atomic E-state index is 0.0693. The number of aromatic nitrogens is 4. The molecule has 0 N–H and O–H groups in total. The molecule has 0 unspecified atom stereocenters. The van der Waals surface area contributed by atoms with Gasteiger partial charge in [-0.1, -0.05) is 118 Å². The maximum atomic E-state index is 15.2. The van der Waals surface area contributed by atoms with Gasteiger partial charge in [-0.25, -0.2) is 28.5 Å². The summed E-state index contributed by atoms with van der Waals surface area (Å²) in [6.07, 6.45) is -4.72. The Labute approximate surface area is 532 Å². The quantitative estimate of drug-likeness (QED) is 0.0533. The number of hydrogen-bond donors (Lipinski definition) is 0. The van der Waals surface area contributed by atoms with E-state index >= 15 is 9.59 Å². The highest BCUT2D eigenvalue weighted by Gasteiger charge is 2.43. The van der Waals surface area contributed by atoms with E-state index in [2.05, 4.69) is 10.2 Å². The summed E-state index contributed by atoms with van der Waals surface area (Å²) in [7, 11) is 5.57. The highest BCUT2D eigenvalue weighted by atomic mass is 16.6. The number of likely N-dealkylation sites (N-methyl/N-ethyl adjacent to an activating group) is 4. The topological polar surface area (TPSA) is 241 Å². The number of carbonyl (C=O) groups excluding carboxylic acids is 8. The first kappa shape index (κ1) is 73.0. The zero-order valence-corrected chi connectivity index (χ0v) is 56.5. The number of nitrogens with zero attached hydrogens (tertiary/aromatic N) is 8. The Bertz CT molecular complexity index is 2830. The first-order valence-electron chi connectivity index (χ1n) is 31.9. The van der Waals surface area contributed by atoms with E-state index in [1.807, 2.05) is 119 Å². The number of rotatable bonds is 22. The number of amides is 4. The molecule has 90 heavy (non-hydrogen) atoms. The molecule has 2 aromatic carbocycles. The lowest BCUT2D eigenvalue weighted by molar-refractivity contribution is -0.176. The van der Waals surface area contributed by atoms with Crippen molar-refractivity contribution in [1.29, 1.82) is 0 Å². The molecule has 22 nitrogen and oxygen atoms in total. The van der Waals surface area contributed by atoms with Crippen molar-refractivity contribution in [1.82, 2.24) is 39.2 Å². The van der Waals surface area contributed by atoms with E-state index in [0.29, 0.717) is 49.2 Å². The first-order valence-corrected chi connectivity index (χ1v) is 31.9. The number of hydrogen-bond acceptors (Lipinski definition) is 16. The van der Waals surface area contributed by atoms with Crippen molar-refractivity contribution in [2.75, 3.05) is 41.4 Å². The molecule has 2 aromatic heterocycles. The summed E-state index contributed by atoms with van der Waals surface area (Å²) in [4.78, 5) is 123. The van der Waals surface area contributed by atoms with Crippen LogP contribution in [0.25, 0.3) is 0 Å². The summed E-state index contributed by atoms with van der Waals surface area (Å²) in [6.45, 7) is 27.0. The second-order valence-electron chi connectivity index (χ2n) is 25.3. The van der Waals surface area contributed by atoms with Crippen LogP contribution in [-0.4, -0.2) is 177 Å². The van der Waals surface area contributed by atoms with Crippen molar-refractivity contribution in [3.63, 3.8) is 0 Å². The van der Waals surface area contributed by atoms with Gasteiger partial charge in [0.15, 0.2) is 24.4 Å². The number of esters is 4. The van der Waals surface area contributed by atoms with E-state index in [-0.39, 0.29) is 62.2 Å². The van der Waals surface area contributed by atoms with Crippen LogP contribution in [0, 0.1) is 23.7 Å². The number of ether oxygens (including phenoxy) is 6. The van der Waals surface area contributed by atoms with Gasteiger partial charge in [-0.15, -0.1) is 0 Å². The van der Waals surface area contributed by atoms with Gasteiger partial charge in [0, 0.05) is 53.2 Å². The van der Waals surface area contributed by atoms with Crippen LogP contribution in [0.3, 0.4) is 0 Å². The fourth-order valence-corrected chi connectivity index (χ4v) is 10.8. The van der Waals surface area contributed by atoms with Crippen molar-refractivity contribution in [2.24, 2.45) is 23.7 Å². The van der Waals surface area contributed by atoms with Crippen LogP contribution in [0.15, 0.2) is 60.7 Å². The molecule has 4 amide bonds. The van der Waals surface area contributed by atoms with Crippen molar-refractivity contribution >= 4 is 47.5 Å². The Hall–Kier alpha value is -7.78. The first-order chi connectivity index (χ1) is 42.5. The predicted octanol–water partition coefficient (Wildman–Crippen LogP) is 8.08. The molecule has 3 heterocycles. The zero-order valence-electron chi connectivity index (χ0n) is 56.5. The number of carbonyl (C=O) groups is 8. The lowest BCUT2D eigenvalue weighted by atomic mass is 9.99. The number of aryl methyl sites for hydroxylation is 2. The fraction of sp³-hybridized carbons (Fsp3) is 0.618. The van der Waals surface area contributed by atoms with Crippen molar-refractivity contribution in [3.05, 3.63) is 94.3 Å². The monoisotopic (exact) mass is 1250 g/mol. The third kappa shape index (κ3) is 20.1. The summed E-state index contributed by atoms with van der Waals surface area (Å²) < 4.78 is 39.7. The van der Waals surface area contributed by atoms with Gasteiger partial charge in [0.1, 0.15) is 24.2 Å². The smallest absolute Gasteiger partial charge is 0.329 e. The normalized spacial score (nSPS) is 21.9.